The number of nitrogens with zero attached hydrogens (tertiary/aromatic N) is 1. The number of aryl methyl sites for hydroxylation is 2. The molecule has 0 aliphatic heterocycles. The molecule has 17 heavy (non-hydrogen) atoms. The fraction of sp³-hybridized carbons (Fsp3) is 0.667. The van der Waals surface area contributed by atoms with E-state index < -0.39 is 0 Å². The molecule has 1 saturated carbocycles. The molecule has 1 aromatic rings. The first kappa shape index (κ1) is 12.5. The van der Waals surface area contributed by atoms with Gasteiger partial charge < -0.3 is 11.1 Å². The molecule has 2 atom stereocenters. The molecule has 0 saturated heterocycles. The molecule has 0 aromatic carbocycles. The van der Waals surface area contributed by atoms with Crippen LogP contribution < -0.4 is 11.1 Å². The minimum Gasteiger partial charge on any atom is -0.328 e. The molecular weight excluding hydrogens is 234 g/mol. The van der Waals surface area contributed by atoms with Crippen molar-refractivity contribution in [1.82, 2.24) is 4.98 Å². The summed E-state index contributed by atoms with van der Waals surface area (Å²) < 4.78 is 0. The highest BCUT2D eigenvalue weighted by Crippen LogP contribution is 2.26. The summed E-state index contributed by atoms with van der Waals surface area (Å²) >= 11 is 1.53. The highest BCUT2D eigenvalue weighted by atomic mass is 32.1. The van der Waals surface area contributed by atoms with Crippen LogP contribution in [0.15, 0.2) is 0 Å². The molecule has 3 N–H and O–H groups in total. The number of nitrogens with two attached hydrogens (primary N) is 1. The average Bonchev–Trinajstić information content (AvgIpc) is 2.58. The van der Waals surface area contributed by atoms with Gasteiger partial charge in [-0.2, -0.15) is 0 Å². The number of nitrogens with one attached hydrogen (secondary N) is 1. The fourth-order valence-corrected chi connectivity index (χ4v) is 3.02. The third-order valence-corrected chi connectivity index (χ3v) is 4.33. The summed E-state index contributed by atoms with van der Waals surface area (Å²) in [6, 6.07) is 0.180. The lowest BCUT2D eigenvalue weighted by Gasteiger charge is -2.25. The Kier molecular flexibility index (Phi) is 3.79. The summed E-state index contributed by atoms with van der Waals surface area (Å²) in [6.07, 6.45) is 3.84. The van der Waals surface area contributed by atoms with Gasteiger partial charge in [0.05, 0.1) is 5.69 Å². The fourth-order valence-electron chi connectivity index (χ4n) is 2.20. The van der Waals surface area contributed by atoms with Gasteiger partial charge in [-0.05, 0) is 33.1 Å². The molecule has 1 aliphatic rings. The van der Waals surface area contributed by atoms with Crippen molar-refractivity contribution < 1.29 is 4.79 Å². The molecule has 2 unspecified atom stereocenters. The van der Waals surface area contributed by atoms with E-state index in [1.165, 1.54) is 11.3 Å². The predicted molar refractivity (Wildman–Crippen MR) is 70.2 cm³/mol. The van der Waals surface area contributed by atoms with E-state index in [4.69, 9.17) is 5.73 Å². The van der Waals surface area contributed by atoms with Crippen LogP contribution in [0.3, 0.4) is 0 Å². The van der Waals surface area contributed by atoms with Crippen LogP contribution in [0, 0.1) is 19.8 Å². The van der Waals surface area contributed by atoms with Gasteiger partial charge in [0.25, 0.3) is 0 Å². The standard InChI is InChI=1S/C12H19N3OS/c1-7-8(2)17-12(14-7)15-11(16)9-4-3-5-10(13)6-9/h9-10H,3-6,13H2,1-2H3,(H,14,15,16). The molecular formula is C12H19N3OS. The van der Waals surface area contributed by atoms with Gasteiger partial charge in [-0.1, -0.05) is 6.42 Å². The van der Waals surface area contributed by atoms with E-state index in [-0.39, 0.29) is 17.9 Å². The molecule has 1 fully saturated rings. The highest BCUT2D eigenvalue weighted by molar-refractivity contribution is 7.15. The minimum atomic E-state index is 0.0586. The van der Waals surface area contributed by atoms with Crippen LogP contribution >= 0.6 is 11.3 Å². The lowest BCUT2D eigenvalue weighted by atomic mass is 9.86. The number of carbonyl (C=O) groups excluding carboxylic acids is 1. The van der Waals surface area contributed by atoms with Gasteiger partial charge in [0.1, 0.15) is 0 Å². The van der Waals surface area contributed by atoms with Gasteiger partial charge in [-0.15, -0.1) is 11.3 Å². The second-order valence-corrected chi connectivity index (χ2v) is 5.98. The Balaban J connectivity index is 1.96. The molecule has 2 rings (SSSR count). The maximum absolute atomic E-state index is 12.0. The molecule has 0 bridgehead atoms. The van der Waals surface area contributed by atoms with Crippen LogP contribution in [0.1, 0.15) is 36.3 Å². The van der Waals surface area contributed by atoms with Crippen molar-refractivity contribution >= 4 is 22.4 Å². The quantitative estimate of drug-likeness (QED) is 0.849. The second-order valence-electron chi connectivity index (χ2n) is 4.77. The summed E-state index contributed by atoms with van der Waals surface area (Å²) in [4.78, 5) is 17.5. The Labute approximate surface area is 106 Å². The summed E-state index contributed by atoms with van der Waals surface area (Å²) in [7, 11) is 0. The van der Waals surface area contributed by atoms with Crippen LogP contribution in [0.25, 0.3) is 0 Å². The first-order valence-electron chi connectivity index (χ1n) is 6.06. The minimum absolute atomic E-state index is 0.0586. The number of carbonyl (C=O) groups is 1. The molecule has 0 radical (unpaired) electrons. The van der Waals surface area contributed by atoms with Crippen LogP contribution in [0.4, 0.5) is 5.13 Å². The van der Waals surface area contributed by atoms with Crippen LogP contribution in [0.2, 0.25) is 0 Å². The van der Waals surface area contributed by atoms with Gasteiger partial charge >= 0.3 is 0 Å². The SMILES string of the molecule is Cc1nc(NC(=O)C2CCCC(N)C2)sc1C. The molecule has 1 aromatic heterocycles. The zero-order chi connectivity index (χ0) is 12.4. The summed E-state index contributed by atoms with van der Waals surface area (Å²) in [6.45, 7) is 3.97. The van der Waals surface area contributed by atoms with Gasteiger partial charge in [-0.25, -0.2) is 4.98 Å². The van der Waals surface area contributed by atoms with Crippen LogP contribution in [-0.4, -0.2) is 16.9 Å². The van der Waals surface area contributed by atoms with Crippen LogP contribution in [0.5, 0.6) is 0 Å². The van der Waals surface area contributed by atoms with Crippen LogP contribution in [-0.2, 0) is 4.79 Å². The molecule has 5 heteroatoms. The molecule has 0 spiro atoms. The normalized spacial score (nSPS) is 24.6. The number of hydrogen-bond donors (Lipinski definition) is 2. The summed E-state index contributed by atoms with van der Waals surface area (Å²) in [5, 5.41) is 3.62. The maximum atomic E-state index is 12.0. The van der Waals surface area contributed by atoms with Crippen molar-refractivity contribution in [3.05, 3.63) is 10.6 Å². The highest BCUT2D eigenvalue weighted by Gasteiger charge is 2.25. The largest absolute Gasteiger partial charge is 0.328 e. The van der Waals surface area contributed by atoms with Gasteiger partial charge in [-0.3, -0.25) is 4.79 Å². The Hall–Kier alpha value is -0.940. The smallest absolute Gasteiger partial charge is 0.229 e. The number of aromatic nitrogens is 1. The Morgan fingerprint density at radius 3 is 2.82 bits per heavy atom. The van der Waals surface area contributed by atoms with Gasteiger partial charge in [0, 0.05) is 16.8 Å². The number of amides is 1. The topological polar surface area (TPSA) is 68.0 Å². The van der Waals surface area contributed by atoms with E-state index >= 15 is 0 Å². The number of hydrogen-bond acceptors (Lipinski definition) is 4. The van der Waals surface area contributed by atoms with Crippen molar-refractivity contribution in [2.45, 2.75) is 45.6 Å². The molecule has 1 heterocycles. The van der Waals surface area contributed by atoms with Gasteiger partial charge in [0.2, 0.25) is 5.91 Å². The average molecular weight is 253 g/mol. The first-order valence-corrected chi connectivity index (χ1v) is 6.88. The molecule has 94 valence electrons. The van der Waals surface area contributed by atoms with E-state index in [0.29, 0.717) is 5.13 Å². The van der Waals surface area contributed by atoms with Crippen molar-refractivity contribution in [2.75, 3.05) is 5.32 Å². The van der Waals surface area contributed by atoms with Crippen molar-refractivity contribution in [2.24, 2.45) is 11.7 Å². The Morgan fingerprint density at radius 2 is 2.24 bits per heavy atom. The third-order valence-electron chi connectivity index (χ3n) is 3.34. The summed E-state index contributed by atoms with van der Waals surface area (Å²) in [5.41, 5.74) is 6.88. The van der Waals surface area contributed by atoms with Gasteiger partial charge in [0.15, 0.2) is 5.13 Å². The van der Waals surface area contributed by atoms with Crippen molar-refractivity contribution in [3.63, 3.8) is 0 Å². The van der Waals surface area contributed by atoms with E-state index in [1.54, 1.807) is 0 Å². The van der Waals surface area contributed by atoms with E-state index in [2.05, 4.69) is 10.3 Å². The van der Waals surface area contributed by atoms with E-state index in [1.807, 2.05) is 13.8 Å². The first-order chi connectivity index (χ1) is 8.06. The number of rotatable bonds is 2. The summed E-state index contributed by atoms with van der Waals surface area (Å²) in [5.74, 6) is 0.136. The molecule has 1 aliphatic carbocycles. The van der Waals surface area contributed by atoms with Crippen molar-refractivity contribution in [3.8, 4) is 0 Å². The zero-order valence-corrected chi connectivity index (χ0v) is 11.1. The lowest BCUT2D eigenvalue weighted by molar-refractivity contribution is -0.120. The van der Waals surface area contributed by atoms with E-state index in [0.717, 1.165) is 36.3 Å². The Morgan fingerprint density at radius 1 is 1.47 bits per heavy atom. The second kappa shape index (κ2) is 5.14. The lowest BCUT2D eigenvalue weighted by Crippen LogP contribution is -2.34. The van der Waals surface area contributed by atoms with Crippen molar-refractivity contribution in [1.29, 1.82) is 0 Å². The third kappa shape index (κ3) is 3.04. The van der Waals surface area contributed by atoms with E-state index in [9.17, 15) is 4.79 Å². The predicted octanol–water partition coefficient (Wildman–Crippen LogP) is 2.22. The maximum Gasteiger partial charge on any atom is 0.229 e. The zero-order valence-electron chi connectivity index (χ0n) is 10.3. The number of anilines is 1. The molecule has 1 amide bonds. The monoisotopic (exact) mass is 253 g/mol. The Bertz CT molecular complexity index is 396. The number of thiazole rings is 1. The molecule has 4 nitrogen and oxygen atoms in total.